The summed E-state index contributed by atoms with van der Waals surface area (Å²) in [5.41, 5.74) is 7.78. The molecule has 0 radical (unpaired) electrons. The first-order chi connectivity index (χ1) is 12.6. The SMILES string of the molecule is Nc1ncncc1C(=O)N(Cc1ccc(C(=O)NC2CC2)cc1)C1CC1. The van der Waals surface area contributed by atoms with Gasteiger partial charge in [-0.2, -0.15) is 0 Å². The molecular formula is C19H21N5O2. The summed E-state index contributed by atoms with van der Waals surface area (Å²) >= 11 is 0. The average molecular weight is 351 g/mol. The summed E-state index contributed by atoms with van der Waals surface area (Å²) in [6.45, 7) is 0.475. The summed E-state index contributed by atoms with van der Waals surface area (Å²) in [5.74, 6) is 0.00674. The number of nitrogens with two attached hydrogens (primary N) is 1. The molecule has 4 rings (SSSR count). The first-order valence-corrected chi connectivity index (χ1v) is 8.88. The maximum absolute atomic E-state index is 12.9. The highest BCUT2D eigenvalue weighted by Gasteiger charge is 2.34. The van der Waals surface area contributed by atoms with Crippen LogP contribution in [0.2, 0.25) is 0 Å². The normalized spacial score (nSPS) is 16.2. The highest BCUT2D eigenvalue weighted by Crippen LogP contribution is 2.30. The highest BCUT2D eigenvalue weighted by atomic mass is 16.2. The standard InChI is InChI=1S/C19H21N5O2/c20-17-16(9-21-11-22-17)19(26)24(15-7-8-15)10-12-1-3-13(4-2-12)18(25)23-14-5-6-14/h1-4,9,11,14-15H,5-8,10H2,(H,23,25)(H2,20,21,22). The summed E-state index contributed by atoms with van der Waals surface area (Å²) in [6, 6.07) is 7.97. The maximum Gasteiger partial charge on any atom is 0.259 e. The van der Waals surface area contributed by atoms with Gasteiger partial charge in [0.2, 0.25) is 0 Å². The van der Waals surface area contributed by atoms with Crippen LogP contribution in [0.15, 0.2) is 36.8 Å². The molecule has 134 valence electrons. The fourth-order valence-electron chi connectivity index (χ4n) is 2.87. The third-order valence-corrected chi connectivity index (χ3v) is 4.70. The molecule has 7 heteroatoms. The van der Waals surface area contributed by atoms with E-state index in [0.29, 0.717) is 23.7 Å². The maximum atomic E-state index is 12.9. The van der Waals surface area contributed by atoms with Gasteiger partial charge in [0.1, 0.15) is 17.7 Å². The van der Waals surface area contributed by atoms with E-state index in [2.05, 4.69) is 15.3 Å². The van der Waals surface area contributed by atoms with E-state index in [-0.39, 0.29) is 23.7 Å². The molecule has 0 atom stereocenters. The lowest BCUT2D eigenvalue weighted by molar-refractivity contribution is 0.0729. The number of nitrogens with zero attached hydrogens (tertiary/aromatic N) is 3. The Hall–Kier alpha value is -2.96. The zero-order valence-corrected chi connectivity index (χ0v) is 14.4. The number of hydrogen-bond donors (Lipinski definition) is 2. The lowest BCUT2D eigenvalue weighted by Gasteiger charge is -2.23. The van der Waals surface area contributed by atoms with Crippen molar-refractivity contribution in [2.24, 2.45) is 0 Å². The molecule has 2 aliphatic carbocycles. The first kappa shape index (κ1) is 16.5. The van der Waals surface area contributed by atoms with Crippen molar-refractivity contribution in [3.05, 3.63) is 53.5 Å². The molecule has 0 unspecified atom stereocenters. The van der Waals surface area contributed by atoms with Crippen molar-refractivity contribution in [3.63, 3.8) is 0 Å². The van der Waals surface area contributed by atoms with E-state index < -0.39 is 0 Å². The molecule has 1 heterocycles. The summed E-state index contributed by atoms with van der Waals surface area (Å²) in [6.07, 6.45) is 6.90. The minimum Gasteiger partial charge on any atom is -0.383 e. The molecule has 2 fully saturated rings. The van der Waals surface area contributed by atoms with E-state index in [1.54, 1.807) is 0 Å². The van der Waals surface area contributed by atoms with Gasteiger partial charge in [0.25, 0.3) is 11.8 Å². The van der Waals surface area contributed by atoms with Crippen molar-refractivity contribution >= 4 is 17.6 Å². The predicted molar refractivity (Wildman–Crippen MR) is 96.3 cm³/mol. The molecule has 3 N–H and O–H groups in total. The molecule has 2 saturated carbocycles. The van der Waals surface area contributed by atoms with E-state index in [1.165, 1.54) is 12.5 Å². The van der Waals surface area contributed by atoms with Gasteiger partial charge in [-0.1, -0.05) is 12.1 Å². The molecule has 2 aliphatic rings. The van der Waals surface area contributed by atoms with Gasteiger partial charge >= 0.3 is 0 Å². The number of anilines is 1. The Labute approximate surface area is 151 Å². The second-order valence-corrected chi connectivity index (χ2v) is 6.93. The van der Waals surface area contributed by atoms with Crippen LogP contribution < -0.4 is 11.1 Å². The first-order valence-electron chi connectivity index (χ1n) is 8.88. The zero-order valence-electron chi connectivity index (χ0n) is 14.4. The second-order valence-electron chi connectivity index (χ2n) is 6.93. The van der Waals surface area contributed by atoms with E-state index in [4.69, 9.17) is 5.73 Å². The van der Waals surface area contributed by atoms with E-state index in [1.807, 2.05) is 29.2 Å². The Morgan fingerprint density at radius 3 is 2.50 bits per heavy atom. The van der Waals surface area contributed by atoms with Gasteiger partial charge in [-0.05, 0) is 43.4 Å². The van der Waals surface area contributed by atoms with Crippen LogP contribution in [-0.4, -0.2) is 38.8 Å². The fraction of sp³-hybridized carbons (Fsp3) is 0.368. The third-order valence-electron chi connectivity index (χ3n) is 4.70. The van der Waals surface area contributed by atoms with Crippen LogP contribution in [0.3, 0.4) is 0 Å². The summed E-state index contributed by atoms with van der Waals surface area (Å²) in [7, 11) is 0. The van der Waals surface area contributed by atoms with Gasteiger partial charge in [-0.3, -0.25) is 9.59 Å². The number of carbonyl (C=O) groups excluding carboxylic acids is 2. The number of aromatic nitrogens is 2. The van der Waals surface area contributed by atoms with Gasteiger partial charge in [0.15, 0.2) is 0 Å². The lowest BCUT2D eigenvalue weighted by atomic mass is 10.1. The Bertz CT molecular complexity index is 828. The van der Waals surface area contributed by atoms with Crippen molar-refractivity contribution in [2.75, 3.05) is 5.73 Å². The number of rotatable bonds is 6. The Morgan fingerprint density at radius 1 is 1.15 bits per heavy atom. The van der Waals surface area contributed by atoms with Gasteiger partial charge in [0.05, 0.1) is 0 Å². The second kappa shape index (κ2) is 6.74. The number of carbonyl (C=O) groups is 2. The molecule has 2 amide bonds. The molecule has 2 aromatic rings. The van der Waals surface area contributed by atoms with Crippen LogP contribution in [0.5, 0.6) is 0 Å². The van der Waals surface area contributed by atoms with Crippen molar-refractivity contribution in [1.82, 2.24) is 20.2 Å². The Kier molecular flexibility index (Phi) is 4.28. The van der Waals surface area contributed by atoms with Crippen LogP contribution in [-0.2, 0) is 6.54 Å². The fourth-order valence-corrected chi connectivity index (χ4v) is 2.87. The van der Waals surface area contributed by atoms with Gasteiger partial charge in [0, 0.05) is 30.4 Å². The number of hydrogen-bond acceptors (Lipinski definition) is 5. The van der Waals surface area contributed by atoms with Crippen molar-refractivity contribution < 1.29 is 9.59 Å². The molecule has 0 saturated heterocycles. The van der Waals surface area contributed by atoms with Gasteiger partial charge < -0.3 is 16.0 Å². The van der Waals surface area contributed by atoms with Crippen LogP contribution in [0.1, 0.15) is 52.0 Å². The molecule has 1 aromatic heterocycles. The average Bonchev–Trinajstić information content (AvgIpc) is 3.54. The van der Waals surface area contributed by atoms with Gasteiger partial charge in [-0.25, -0.2) is 9.97 Å². The van der Waals surface area contributed by atoms with E-state index in [9.17, 15) is 9.59 Å². The smallest absolute Gasteiger partial charge is 0.259 e. The van der Waals surface area contributed by atoms with Crippen LogP contribution in [0.25, 0.3) is 0 Å². The third kappa shape index (κ3) is 3.66. The molecule has 7 nitrogen and oxygen atoms in total. The molecular weight excluding hydrogens is 330 g/mol. The highest BCUT2D eigenvalue weighted by molar-refractivity contribution is 5.98. The minimum absolute atomic E-state index is 0.0385. The van der Waals surface area contributed by atoms with Crippen molar-refractivity contribution in [1.29, 1.82) is 0 Å². The number of nitrogen functional groups attached to an aromatic ring is 1. The Balaban J connectivity index is 1.47. The van der Waals surface area contributed by atoms with Gasteiger partial charge in [-0.15, -0.1) is 0 Å². The minimum atomic E-state index is -0.152. The quantitative estimate of drug-likeness (QED) is 0.826. The van der Waals surface area contributed by atoms with E-state index in [0.717, 1.165) is 31.2 Å². The van der Waals surface area contributed by atoms with Crippen LogP contribution in [0, 0.1) is 0 Å². The molecule has 0 spiro atoms. The monoisotopic (exact) mass is 351 g/mol. The number of nitrogens with one attached hydrogen (secondary N) is 1. The topological polar surface area (TPSA) is 101 Å². The molecule has 26 heavy (non-hydrogen) atoms. The zero-order chi connectivity index (χ0) is 18.1. The summed E-state index contributed by atoms with van der Waals surface area (Å²) in [4.78, 5) is 34.6. The number of amides is 2. The molecule has 1 aromatic carbocycles. The predicted octanol–water partition coefficient (Wildman–Crippen LogP) is 1.76. The van der Waals surface area contributed by atoms with E-state index >= 15 is 0 Å². The Morgan fingerprint density at radius 2 is 1.88 bits per heavy atom. The largest absolute Gasteiger partial charge is 0.383 e. The van der Waals surface area contributed by atoms with Crippen LogP contribution >= 0.6 is 0 Å². The molecule has 0 aliphatic heterocycles. The summed E-state index contributed by atoms with van der Waals surface area (Å²) < 4.78 is 0. The van der Waals surface area contributed by atoms with Crippen molar-refractivity contribution in [3.8, 4) is 0 Å². The number of benzene rings is 1. The van der Waals surface area contributed by atoms with Crippen LogP contribution in [0.4, 0.5) is 5.82 Å². The lowest BCUT2D eigenvalue weighted by Crippen LogP contribution is -2.33. The molecule has 0 bridgehead atoms. The van der Waals surface area contributed by atoms with Crippen molar-refractivity contribution in [2.45, 2.75) is 44.3 Å². The summed E-state index contributed by atoms with van der Waals surface area (Å²) in [5, 5.41) is 2.97.